The van der Waals surface area contributed by atoms with E-state index in [1.165, 1.54) is 19.4 Å². The van der Waals surface area contributed by atoms with Crippen molar-refractivity contribution >= 4 is 0 Å². The summed E-state index contributed by atoms with van der Waals surface area (Å²) in [5, 5.41) is 8.80. The fraction of sp³-hybridized carbons (Fsp3) is 1.00. The van der Waals surface area contributed by atoms with Crippen molar-refractivity contribution in [3.05, 3.63) is 0 Å². The average molecular weight is 157 g/mol. The molecule has 0 amide bonds. The lowest BCUT2D eigenvalue weighted by Gasteiger charge is -2.44. The van der Waals surface area contributed by atoms with Crippen molar-refractivity contribution < 1.29 is 5.11 Å². The minimum absolute atomic E-state index is 0.335. The Labute approximate surface area is 69.2 Å². The number of hydrogen-bond acceptors (Lipinski definition) is 2. The SMILES string of the molecule is CCC(CCO)N1CCC1C. The van der Waals surface area contributed by atoms with E-state index in [0.29, 0.717) is 12.6 Å². The van der Waals surface area contributed by atoms with E-state index in [2.05, 4.69) is 18.7 Å². The van der Waals surface area contributed by atoms with Crippen LogP contribution in [-0.2, 0) is 0 Å². The molecule has 2 atom stereocenters. The Morgan fingerprint density at radius 2 is 2.36 bits per heavy atom. The first-order valence-electron chi connectivity index (χ1n) is 4.66. The quantitative estimate of drug-likeness (QED) is 0.663. The van der Waals surface area contributed by atoms with Gasteiger partial charge in [0.25, 0.3) is 0 Å². The highest BCUT2D eigenvalue weighted by molar-refractivity contribution is 4.84. The van der Waals surface area contributed by atoms with Crippen molar-refractivity contribution in [2.75, 3.05) is 13.2 Å². The average Bonchev–Trinajstić information content (AvgIpc) is 2.01. The van der Waals surface area contributed by atoms with Gasteiger partial charge in [-0.3, -0.25) is 4.90 Å². The van der Waals surface area contributed by atoms with E-state index in [4.69, 9.17) is 5.11 Å². The summed E-state index contributed by atoms with van der Waals surface area (Å²) < 4.78 is 0. The van der Waals surface area contributed by atoms with Gasteiger partial charge in [0.15, 0.2) is 0 Å². The molecule has 0 aliphatic carbocycles. The van der Waals surface area contributed by atoms with Gasteiger partial charge in [0.05, 0.1) is 0 Å². The van der Waals surface area contributed by atoms with Crippen LogP contribution in [0.25, 0.3) is 0 Å². The number of hydrogen-bond donors (Lipinski definition) is 1. The van der Waals surface area contributed by atoms with Crippen LogP contribution in [0.4, 0.5) is 0 Å². The second-order valence-electron chi connectivity index (χ2n) is 3.45. The van der Waals surface area contributed by atoms with Gasteiger partial charge >= 0.3 is 0 Å². The number of nitrogens with zero attached hydrogens (tertiary/aromatic N) is 1. The van der Waals surface area contributed by atoms with E-state index < -0.39 is 0 Å². The largest absolute Gasteiger partial charge is 0.396 e. The smallest absolute Gasteiger partial charge is 0.0445 e. The first-order chi connectivity index (χ1) is 5.29. The van der Waals surface area contributed by atoms with Crippen LogP contribution in [0.2, 0.25) is 0 Å². The first kappa shape index (κ1) is 9.01. The molecule has 1 rings (SSSR count). The Morgan fingerprint density at radius 1 is 1.64 bits per heavy atom. The summed E-state index contributed by atoms with van der Waals surface area (Å²) in [5.74, 6) is 0. The van der Waals surface area contributed by atoms with Crippen molar-refractivity contribution in [3.63, 3.8) is 0 Å². The summed E-state index contributed by atoms with van der Waals surface area (Å²) in [6.07, 6.45) is 3.45. The summed E-state index contributed by atoms with van der Waals surface area (Å²) in [5.41, 5.74) is 0. The minimum atomic E-state index is 0.335. The third-order valence-electron chi connectivity index (χ3n) is 2.77. The van der Waals surface area contributed by atoms with Crippen LogP contribution in [0.3, 0.4) is 0 Å². The Bertz CT molecular complexity index is 116. The predicted molar refractivity (Wildman–Crippen MR) is 46.6 cm³/mol. The fourth-order valence-corrected chi connectivity index (χ4v) is 1.83. The van der Waals surface area contributed by atoms with E-state index in [9.17, 15) is 0 Å². The van der Waals surface area contributed by atoms with Crippen LogP contribution in [0, 0.1) is 0 Å². The van der Waals surface area contributed by atoms with Crippen LogP contribution in [0.15, 0.2) is 0 Å². The maximum absolute atomic E-state index is 8.80. The maximum Gasteiger partial charge on any atom is 0.0445 e. The molecule has 11 heavy (non-hydrogen) atoms. The van der Waals surface area contributed by atoms with Crippen LogP contribution in [0.1, 0.15) is 33.1 Å². The molecule has 0 radical (unpaired) electrons. The van der Waals surface area contributed by atoms with Gasteiger partial charge in [-0.15, -0.1) is 0 Å². The van der Waals surface area contributed by atoms with E-state index in [0.717, 1.165) is 12.5 Å². The molecule has 0 aromatic heterocycles. The highest BCUT2D eigenvalue weighted by Crippen LogP contribution is 2.22. The summed E-state index contributed by atoms with van der Waals surface area (Å²) in [4.78, 5) is 2.50. The zero-order valence-corrected chi connectivity index (χ0v) is 7.58. The van der Waals surface area contributed by atoms with Crippen LogP contribution in [0.5, 0.6) is 0 Å². The number of aliphatic hydroxyl groups is 1. The van der Waals surface area contributed by atoms with Crippen molar-refractivity contribution in [3.8, 4) is 0 Å². The van der Waals surface area contributed by atoms with Gasteiger partial charge in [-0.05, 0) is 26.2 Å². The molecule has 1 N–H and O–H groups in total. The molecule has 0 aromatic carbocycles. The van der Waals surface area contributed by atoms with Crippen LogP contribution >= 0.6 is 0 Å². The summed E-state index contributed by atoms with van der Waals surface area (Å²) in [7, 11) is 0. The Hall–Kier alpha value is -0.0800. The first-order valence-corrected chi connectivity index (χ1v) is 4.66. The Kier molecular flexibility index (Phi) is 3.34. The molecule has 1 saturated heterocycles. The third-order valence-corrected chi connectivity index (χ3v) is 2.77. The van der Waals surface area contributed by atoms with E-state index in [1.807, 2.05) is 0 Å². The molecule has 1 fully saturated rings. The lowest BCUT2D eigenvalue weighted by Crippen LogP contribution is -2.51. The zero-order chi connectivity index (χ0) is 8.27. The fourth-order valence-electron chi connectivity index (χ4n) is 1.83. The summed E-state index contributed by atoms with van der Waals surface area (Å²) >= 11 is 0. The zero-order valence-electron chi connectivity index (χ0n) is 7.58. The molecule has 2 unspecified atom stereocenters. The topological polar surface area (TPSA) is 23.5 Å². The van der Waals surface area contributed by atoms with Gasteiger partial charge in [-0.1, -0.05) is 6.92 Å². The molecule has 1 heterocycles. The monoisotopic (exact) mass is 157 g/mol. The van der Waals surface area contributed by atoms with Crippen molar-refractivity contribution in [2.24, 2.45) is 0 Å². The molecule has 1 aliphatic heterocycles. The second-order valence-corrected chi connectivity index (χ2v) is 3.45. The van der Waals surface area contributed by atoms with Gasteiger partial charge in [-0.25, -0.2) is 0 Å². The summed E-state index contributed by atoms with van der Waals surface area (Å²) in [6, 6.07) is 1.38. The third kappa shape index (κ3) is 1.94. The van der Waals surface area contributed by atoms with Gasteiger partial charge in [0.2, 0.25) is 0 Å². The van der Waals surface area contributed by atoms with Gasteiger partial charge < -0.3 is 5.11 Å². The molecular formula is C9H19NO. The molecule has 66 valence electrons. The highest BCUT2D eigenvalue weighted by Gasteiger charge is 2.28. The lowest BCUT2D eigenvalue weighted by molar-refractivity contribution is 0.0379. The molecular weight excluding hydrogens is 138 g/mol. The minimum Gasteiger partial charge on any atom is -0.396 e. The molecule has 0 bridgehead atoms. The molecule has 1 aliphatic rings. The Morgan fingerprint density at radius 3 is 2.64 bits per heavy atom. The normalized spacial score (nSPS) is 28.1. The second kappa shape index (κ2) is 4.07. The predicted octanol–water partition coefficient (Wildman–Crippen LogP) is 1.24. The molecule has 2 nitrogen and oxygen atoms in total. The van der Waals surface area contributed by atoms with Crippen molar-refractivity contribution in [2.45, 2.75) is 45.2 Å². The van der Waals surface area contributed by atoms with Crippen molar-refractivity contribution in [1.29, 1.82) is 0 Å². The van der Waals surface area contributed by atoms with Gasteiger partial charge in [-0.2, -0.15) is 0 Å². The number of likely N-dealkylation sites (tertiary alicyclic amines) is 1. The molecule has 0 spiro atoms. The highest BCUT2D eigenvalue weighted by atomic mass is 16.3. The molecule has 0 saturated carbocycles. The van der Waals surface area contributed by atoms with E-state index in [1.54, 1.807) is 0 Å². The molecule has 0 aromatic rings. The van der Waals surface area contributed by atoms with Gasteiger partial charge in [0, 0.05) is 25.2 Å². The van der Waals surface area contributed by atoms with Crippen LogP contribution in [-0.4, -0.2) is 35.2 Å². The van der Waals surface area contributed by atoms with E-state index in [-0.39, 0.29) is 0 Å². The number of aliphatic hydroxyl groups excluding tert-OH is 1. The van der Waals surface area contributed by atoms with Crippen molar-refractivity contribution in [1.82, 2.24) is 4.90 Å². The standard InChI is InChI=1S/C9H19NO/c1-3-9(5-7-11)10-6-4-8(10)2/h8-9,11H,3-7H2,1-2H3. The molecule has 2 heteroatoms. The van der Waals surface area contributed by atoms with E-state index >= 15 is 0 Å². The van der Waals surface area contributed by atoms with Gasteiger partial charge in [0.1, 0.15) is 0 Å². The number of rotatable bonds is 4. The van der Waals surface area contributed by atoms with Crippen LogP contribution < -0.4 is 0 Å². The summed E-state index contributed by atoms with van der Waals surface area (Å²) in [6.45, 7) is 6.04. The maximum atomic E-state index is 8.80. The Balaban J connectivity index is 2.29. The lowest BCUT2D eigenvalue weighted by atomic mass is 9.98.